The van der Waals surface area contributed by atoms with E-state index in [1.165, 1.54) is 25.7 Å². The zero-order valence-corrected chi connectivity index (χ0v) is 13.6. The number of Topliss-reactive ketones (excluding diaryl/α,β-unsaturated/α-hetero) is 1. The lowest BCUT2D eigenvalue weighted by atomic mass is 9.97. The van der Waals surface area contributed by atoms with Crippen LogP contribution in [-0.4, -0.2) is 42.0 Å². The highest BCUT2D eigenvalue weighted by Gasteiger charge is 2.41. The van der Waals surface area contributed by atoms with Gasteiger partial charge in [-0.3, -0.25) is 9.69 Å². The lowest BCUT2D eigenvalue weighted by Gasteiger charge is -2.31. The Morgan fingerprint density at radius 1 is 1.15 bits per heavy atom. The second kappa shape index (κ2) is 7.04. The molecule has 2 rings (SSSR count). The summed E-state index contributed by atoms with van der Waals surface area (Å²) in [5.74, 6) is 1.18. The van der Waals surface area contributed by atoms with Crippen LogP contribution in [0.15, 0.2) is 0 Å². The van der Waals surface area contributed by atoms with E-state index in [4.69, 9.17) is 4.74 Å². The van der Waals surface area contributed by atoms with E-state index in [1.54, 1.807) is 0 Å². The maximum Gasteiger partial charge on any atom is 0.155 e. The Balaban J connectivity index is 1.96. The lowest BCUT2D eigenvalue weighted by Crippen LogP contribution is -2.47. The van der Waals surface area contributed by atoms with Crippen molar-refractivity contribution in [2.45, 2.75) is 78.0 Å². The zero-order valence-electron chi connectivity index (χ0n) is 13.6. The lowest BCUT2D eigenvalue weighted by molar-refractivity contribution is -0.131. The van der Waals surface area contributed by atoms with Crippen molar-refractivity contribution in [2.75, 3.05) is 13.2 Å². The first kappa shape index (κ1) is 16.0. The minimum absolute atomic E-state index is 0.0172. The monoisotopic (exact) mass is 281 g/mol. The topological polar surface area (TPSA) is 29.5 Å². The molecule has 1 saturated carbocycles. The van der Waals surface area contributed by atoms with Gasteiger partial charge in [-0.15, -0.1) is 0 Å². The smallest absolute Gasteiger partial charge is 0.155 e. The number of hydrogen-bond donors (Lipinski definition) is 0. The van der Waals surface area contributed by atoms with E-state index in [9.17, 15) is 4.79 Å². The molecule has 1 aliphatic heterocycles. The summed E-state index contributed by atoms with van der Waals surface area (Å²) >= 11 is 0. The second-order valence-electron chi connectivity index (χ2n) is 7.14. The molecular formula is C17H31NO2. The number of carbonyl (C=O) groups excluding carboxylic acids is 1. The molecule has 0 unspecified atom stereocenters. The largest absolute Gasteiger partial charge is 0.376 e. The number of ketones is 1. The Morgan fingerprint density at radius 2 is 1.80 bits per heavy atom. The molecule has 0 bridgehead atoms. The molecule has 1 heterocycles. The molecule has 1 saturated heterocycles. The third kappa shape index (κ3) is 3.62. The summed E-state index contributed by atoms with van der Waals surface area (Å²) in [7, 11) is 0. The van der Waals surface area contributed by atoms with Crippen LogP contribution in [0.25, 0.3) is 0 Å². The molecule has 20 heavy (non-hydrogen) atoms. The number of likely N-dealkylation sites (tertiary alicyclic amines) is 1. The number of carbonyl (C=O) groups is 1. The fraction of sp³-hybridized carbons (Fsp3) is 0.941. The number of ether oxygens (including phenoxy) is 1. The summed E-state index contributed by atoms with van der Waals surface area (Å²) < 4.78 is 6.19. The van der Waals surface area contributed by atoms with Crippen LogP contribution >= 0.6 is 0 Å². The van der Waals surface area contributed by atoms with Gasteiger partial charge in [0.15, 0.2) is 5.78 Å². The number of hydrogen-bond acceptors (Lipinski definition) is 3. The molecule has 0 aromatic heterocycles. The van der Waals surface area contributed by atoms with Gasteiger partial charge in [0.05, 0.1) is 12.1 Å². The third-order valence-electron chi connectivity index (χ3n) is 4.93. The first-order valence-electron chi connectivity index (χ1n) is 8.41. The molecule has 2 atom stereocenters. The van der Waals surface area contributed by atoms with E-state index in [0.29, 0.717) is 11.8 Å². The van der Waals surface area contributed by atoms with Crippen LogP contribution in [0.3, 0.4) is 0 Å². The second-order valence-corrected chi connectivity index (χ2v) is 7.14. The van der Waals surface area contributed by atoms with Crippen LogP contribution in [0.1, 0.15) is 59.8 Å². The summed E-state index contributed by atoms with van der Waals surface area (Å²) in [5, 5.41) is 0. The van der Waals surface area contributed by atoms with E-state index < -0.39 is 0 Å². The standard InChI is InChI=1S/C17H31NO2/c1-12(2)17(19)16-15(9-10-18(16)13(3)4)20-11-14-7-5-6-8-14/h12-16H,5-11H2,1-4H3/t15-,16-/m0/s1. The van der Waals surface area contributed by atoms with E-state index >= 15 is 0 Å². The van der Waals surface area contributed by atoms with Crippen molar-refractivity contribution in [3.63, 3.8) is 0 Å². The molecule has 2 fully saturated rings. The van der Waals surface area contributed by atoms with Gasteiger partial charge in [0.25, 0.3) is 0 Å². The highest BCUT2D eigenvalue weighted by atomic mass is 16.5. The van der Waals surface area contributed by atoms with Crippen molar-refractivity contribution >= 4 is 5.78 Å². The SMILES string of the molecule is CC(C)C(=O)[C@@H]1[C@@H](OCC2CCCC2)CCN1C(C)C. The van der Waals surface area contributed by atoms with Gasteiger partial charge in [-0.2, -0.15) is 0 Å². The molecule has 0 aromatic carbocycles. The van der Waals surface area contributed by atoms with E-state index in [0.717, 1.165) is 25.5 Å². The van der Waals surface area contributed by atoms with E-state index in [-0.39, 0.29) is 18.1 Å². The van der Waals surface area contributed by atoms with E-state index in [2.05, 4.69) is 18.7 Å². The molecular weight excluding hydrogens is 250 g/mol. The van der Waals surface area contributed by atoms with Gasteiger partial charge in [0.2, 0.25) is 0 Å². The Hall–Kier alpha value is -0.410. The maximum atomic E-state index is 12.5. The molecule has 116 valence electrons. The Kier molecular flexibility index (Phi) is 5.62. The third-order valence-corrected chi connectivity index (χ3v) is 4.93. The zero-order chi connectivity index (χ0) is 14.7. The molecule has 3 nitrogen and oxygen atoms in total. The van der Waals surface area contributed by atoms with Crippen LogP contribution in [0.4, 0.5) is 0 Å². The summed E-state index contributed by atoms with van der Waals surface area (Å²) in [6, 6.07) is 0.402. The van der Waals surface area contributed by atoms with Crippen LogP contribution in [-0.2, 0) is 9.53 Å². The van der Waals surface area contributed by atoms with Gasteiger partial charge in [0, 0.05) is 25.1 Å². The summed E-state index contributed by atoms with van der Waals surface area (Å²) in [6.45, 7) is 10.2. The minimum atomic E-state index is -0.0172. The predicted molar refractivity (Wildman–Crippen MR) is 81.8 cm³/mol. The predicted octanol–water partition coefficient (Wildman–Crippen LogP) is 3.27. The average Bonchev–Trinajstić information content (AvgIpc) is 3.04. The summed E-state index contributed by atoms with van der Waals surface area (Å²) in [4.78, 5) is 14.9. The first-order chi connectivity index (χ1) is 9.50. The Labute approximate surface area is 124 Å². The normalized spacial score (nSPS) is 28.9. The van der Waals surface area contributed by atoms with Crippen LogP contribution in [0, 0.1) is 11.8 Å². The van der Waals surface area contributed by atoms with Crippen molar-refractivity contribution in [3.05, 3.63) is 0 Å². The van der Waals surface area contributed by atoms with Crippen molar-refractivity contribution in [2.24, 2.45) is 11.8 Å². The molecule has 1 aliphatic carbocycles. The highest BCUT2D eigenvalue weighted by Crippen LogP contribution is 2.29. The first-order valence-corrected chi connectivity index (χ1v) is 8.41. The molecule has 0 radical (unpaired) electrons. The van der Waals surface area contributed by atoms with Crippen LogP contribution in [0.5, 0.6) is 0 Å². The minimum Gasteiger partial charge on any atom is -0.376 e. The van der Waals surface area contributed by atoms with Crippen molar-refractivity contribution < 1.29 is 9.53 Å². The van der Waals surface area contributed by atoms with Gasteiger partial charge in [-0.25, -0.2) is 0 Å². The Bertz CT molecular complexity index is 321. The van der Waals surface area contributed by atoms with Gasteiger partial charge < -0.3 is 4.74 Å². The van der Waals surface area contributed by atoms with Crippen molar-refractivity contribution in [1.82, 2.24) is 4.90 Å². The van der Waals surface area contributed by atoms with Crippen molar-refractivity contribution in [3.8, 4) is 0 Å². The van der Waals surface area contributed by atoms with E-state index in [1.807, 2.05) is 13.8 Å². The summed E-state index contributed by atoms with van der Waals surface area (Å²) in [6.07, 6.45) is 6.45. The molecule has 0 amide bonds. The quantitative estimate of drug-likeness (QED) is 0.748. The molecule has 0 spiro atoms. The molecule has 3 heteroatoms. The fourth-order valence-corrected chi connectivity index (χ4v) is 3.67. The van der Waals surface area contributed by atoms with Gasteiger partial charge in [0.1, 0.15) is 0 Å². The van der Waals surface area contributed by atoms with Gasteiger partial charge in [-0.1, -0.05) is 26.7 Å². The average molecular weight is 281 g/mol. The van der Waals surface area contributed by atoms with Gasteiger partial charge >= 0.3 is 0 Å². The van der Waals surface area contributed by atoms with Crippen molar-refractivity contribution in [1.29, 1.82) is 0 Å². The fourth-order valence-electron chi connectivity index (χ4n) is 3.67. The maximum absolute atomic E-state index is 12.5. The highest BCUT2D eigenvalue weighted by molar-refractivity contribution is 5.86. The molecule has 0 aromatic rings. The molecule has 2 aliphatic rings. The van der Waals surface area contributed by atoms with Crippen LogP contribution in [0.2, 0.25) is 0 Å². The van der Waals surface area contributed by atoms with Crippen LogP contribution < -0.4 is 0 Å². The number of rotatable bonds is 6. The summed E-state index contributed by atoms with van der Waals surface area (Å²) in [5.41, 5.74) is 0. The number of nitrogens with zero attached hydrogens (tertiary/aromatic N) is 1. The molecule has 0 N–H and O–H groups in total. The Morgan fingerprint density at radius 3 is 2.35 bits per heavy atom. The van der Waals surface area contributed by atoms with Gasteiger partial charge in [-0.05, 0) is 39.0 Å².